The number of amides is 2. The average molecular weight is 294 g/mol. The van der Waals surface area contributed by atoms with Gasteiger partial charge in [0.1, 0.15) is 5.82 Å². The van der Waals surface area contributed by atoms with Crippen LogP contribution in [0.4, 0.5) is 9.18 Å². The van der Waals surface area contributed by atoms with Crippen molar-refractivity contribution in [3.8, 4) is 0 Å². The van der Waals surface area contributed by atoms with Crippen LogP contribution >= 0.6 is 0 Å². The molecular formula is C15H19FN2O3. The fourth-order valence-electron chi connectivity index (χ4n) is 2.24. The molecule has 1 fully saturated rings. The largest absolute Gasteiger partial charge is 0.481 e. The molecule has 0 radical (unpaired) electrons. The SMILES string of the molecule is O=C(O)CCNC(=O)NCC1(Cc2ccc(F)cc2)CC1. The van der Waals surface area contributed by atoms with Crippen molar-refractivity contribution in [1.29, 1.82) is 0 Å². The number of urea groups is 1. The zero-order chi connectivity index (χ0) is 15.3. The third-order valence-electron chi connectivity index (χ3n) is 3.70. The second-order valence-electron chi connectivity index (χ2n) is 5.56. The minimum absolute atomic E-state index is 0.0575. The topological polar surface area (TPSA) is 78.4 Å². The number of carboxylic acid groups (broad SMARTS) is 1. The number of halogens is 1. The molecule has 0 atom stereocenters. The van der Waals surface area contributed by atoms with Crippen LogP contribution in [0.15, 0.2) is 24.3 Å². The summed E-state index contributed by atoms with van der Waals surface area (Å²) in [6.07, 6.45) is 2.77. The molecule has 1 aliphatic rings. The normalized spacial score (nSPS) is 15.3. The van der Waals surface area contributed by atoms with Gasteiger partial charge in [-0.1, -0.05) is 12.1 Å². The maximum atomic E-state index is 12.9. The Morgan fingerprint density at radius 1 is 1.19 bits per heavy atom. The number of carbonyl (C=O) groups is 2. The lowest BCUT2D eigenvalue weighted by molar-refractivity contribution is -0.136. The lowest BCUT2D eigenvalue weighted by Gasteiger charge is -2.16. The maximum absolute atomic E-state index is 12.9. The monoisotopic (exact) mass is 294 g/mol. The van der Waals surface area contributed by atoms with E-state index in [1.165, 1.54) is 12.1 Å². The molecule has 6 heteroatoms. The fraction of sp³-hybridized carbons (Fsp3) is 0.467. The summed E-state index contributed by atoms with van der Waals surface area (Å²) in [6, 6.07) is 6.07. The molecule has 0 heterocycles. The number of carbonyl (C=O) groups excluding carboxylic acids is 1. The Kier molecular flexibility index (Phi) is 4.77. The van der Waals surface area contributed by atoms with Crippen LogP contribution in [0.5, 0.6) is 0 Å². The highest BCUT2D eigenvalue weighted by molar-refractivity contribution is 5.75. The molecule has 0 aromatic heterocycles. The predicted octanol–water partition coefficient (Wildman–Crippen LogP) is 1.92. The van der Waals surface area contributed by atoms with Crippen LogP contribution in [0.2, 0.25) is 0 Å². The quantitative estimate of drug-likeness (QED) is 0.719. The summed E-state index contributed by atoms with van der Waals surface area (Å²) in [6.45, 7) is 0.662. The first-order valence-electron chi connectivity index (χ1n) is 6.97. The smallest absolute Gasteiger partial charge is 0.314 e. The molecule has 3 N–H and O–H groups in total. The second-order valence-corrected chi connectivity index (χ2v) is 5.56. The zero-order valence-electron chi connectivity index (χ0n) is 11.7. The van der Waals surface area contributed by atoms with E-state index in [1.807, 2.05) is 0 Å². The van der Waals surface area contributed by atoms with E-state index in [4.69, 9.17) is 5.11 Å². The highest BCUT2D eigenvalue weighted by Gasteiger charge is 2.42. The molecule has 2 amide bonds. The lowest BCUT2D eigenvalue weighted by Crippen LogP contribution is -2.40. The fourth-order valence-corrected chi connectivity index (χ4v) is 2.24. The Morgan fingerprint density at radius 3 is 2.43 bits per heavy atom. The molecule has 0 bridgehead atoms. The van der Waals surface area contributed by atoms with Gasteiger partial charge < -0.3 is 15.7 Å². The molecule has 0 unspecified atom stereocenters. The van der Waals surface area contributed by atoms with Gasteiger partial charge in [0.25, 0.3) is 0 Å². The third-order valence-corrected chi connectivity index (χ3v) is 3.70. The zero-order valence-corrected chi connectivity index (χ0v) is 11.7. The van der Waals surface area contributed by atoms with Gasteiger partial charge in [-0.25, -0.2) is 9.18 Å². The van der Waals surface area contributed by atoms with Gasteiger partial charge in [-0.15, -0.1) is 0 Å². The van der Waals surface area contributed by atoms with Crippen LogP contribution in [0.25, 0.3) is 0 Å². The third kappa shape index (κ3) is 5.06. The number of hydrogen-bond donors (Lipinski definition) is 3. The summed E-state index contributed by atoms with van der Waals surface area (Å²) >= 11 is 0. The summed E-state index contributed by atoms with van der Waals surface area (Å²) < 4.78 is 12.9. The van der Waals surface area contributed by atoms with Gasteiger partial charge in [0.15, 0.2) is 0 Å². The van der Waals surface area contributed by atoms with Gasteiger partial charge in [-0.05, 0) is 42.4 Å². The van der Waals surface area contributed by atoms with E-state index in [0.717, 1.165) is 24.8 Å². The minimum atomic E-state index is -0.940. The maximum Gasteiger partial charge on any atom is 0.314 e. The van der Waals surface area contributed by atoms with Crippen LogP contribution in [0.3, 0.4) is 0 Å². The van der Waals surface area contributed by atoms with Crippen molar-refractivity contribution < 1.29 is 19.1 Å². The van der Waals surface area contributed by atoms with Crippen LogP contribution in [-0.2, 0) is 11.2 Å². The molecule has 114 valence electrons. The van der Waals surface area contributed by atoms with Crippen molar-refractivity contribution in [3.63, 3.8) is 0 Å². The van der Waals surface area contributed by atoms with Crippen molar-refractivity contribution in [1.82, 2.24) is 10.6 Å². The van der Waals surface area contributed by atoms with Gasteiger partial charge in [0, 0.05) is 13.1 Å². The first-order valence-corrected chi connectivity index (χ1v) is 6.97. The Hall–Kier alpha value is -2.11. The van der Waals surface area contributed by atoms with Crippen LogP contribution < -0.4 is 10.6 Å². The van der Waals surface area contributed by atoms with E-state index in [0.29, 0.717) is 6.54 Å². The molecule has 5 nitrogen and oxygen atoms in total. The van der Waals surface area contributed by atoms with Crippen LogP contribution in [0, 0.1) is 11.2 Å². The molecule has 1 aromatic carbocycles. The molecule has 0 saturated heterocycles. The molecule has 0 spiro atoms. The average Bonchev–Trinajstić information content (AvgIpc) is 3.19. The van der Waals surface area contributed by atoms with Crippen LogP contribution in [-0.4, -0.2) is 30.2 Å². The Labute approximate surface area is 122 Å². The summed E-state index contributed by atoms with van der Waals surface area (Å²) in [4.78, 5) is 21.9. The van der Waals surface area contributed by atoms with Crippen LogP contribution in [0.1, 0.15) is 24.8 Å². The van der Waals surface area contributed by atoms with Crippen molar-refractivity contribution in [3.05, 3.63) is 35.6 Å². The van der Waals surface area contributed by atoms with Gasteiger partial charge in [0.2, 0.25) is 0 Å². The number of carboxylic acids is 1. The van der Waals surface area contributed by atoms with Gasteiger partial charge in [-0.2, -0.15) is 0 Å². The van der Waals surface area contributed by atoms with Gasteiger partial charge in [0.05, 0.1) is 6.42 Å². The molecular weight excluding hydrogens is 275 g/mol. The first kappa shape index (κ1) is 15.3. The molecule has 0 aliphatic heterocycles. The molecule has 1 aromatic rings. The molecule has 21 heavy (non-hydrogen) atoms. The summed E-state index contributed by atoms with van der Waals surface area (Å²) in [5, 5.41) is 13.8. The molecule has 2 rings (SSSR count). The van der Waals surface area contributed by atoms with E-state index < -0.39 is 5.97 Å². The second kappa shape index (κ2) is 6.56. The van der Waals surface area contributed by atoms with E-state index in [1.54, 1.807) is 12.1 Å². The summed E-state index contributed by atoms with van der Waals surface area (Å²) in [5.41, 5.74) is 1.11. The summed E-state index contributed by atoms with van der Waals surface area (Å²) in [7, 11) is 0. The number of hydrogen-bond acceptors (Lipinski definition) is 2. The van der Waals surface area contributed by atoms with Gasteiger partial charge >= 0.3 is 12.0 Å². The number of benzene rings is 1. The predicted molar refractivity (Wildman–Crippen MR) is 75.4 cm³/mol. The highest BCUT2D eigenvalue weighted by Crippen LogP contribution is 2.47. The lowest BCUT2D eigenvalue weighted by atomic mass is 9.96. The Balaban J connectivity index is 1.73. The Morgan fingerprint density at radius 2 is 1.86 bits per heavy atom. The van der Waals surface area contributed by atoms with E-state index in [2.05, 4.69) is 10.6 Å². The van der Waals surface area contributed by atoms with Crippen molar-refractivity contribution in [2.24, 2.45) is 5.41 Å². The standard InChI is InChI=1S/C15H19FN2O3/c16-12-3-1-11(2-4-12)9-15(6-7-15)10-18-14(21)17-8-5-13(19)20/h1-4H,5-10H2,(H,19,20)(H2,17,18,21). The minimum Gasteiger partial charge on any atom is -0.481 e. The summed E-state index contributed by atoms with van der Waals surface area (Å²) in [5.74, 6) is -1.19. The Bertz CT molecular complexity index is 512. The van der Waals surface area contributed by atoms with Crippen molar-refractivity contribution in [2.75, 3.05) is 13.1 Å². The van der Waals surface area contributed by atoms with E-state index in [9.17, 15) is 14.0 Å². The van der Waals surface area contributed by atoms with Gasteiger partial charge in [-0.3, -0.25) is 4.79 Å². The van der Waals surface area contributed by atoms with Crippen molar-refractivity contribution >= 4 is 12.0 Å². The first-order chi connectivity index (χ1) is 9.99. The number of nitrogens with one attached hydrogen (secondary N) is 2. The molecule has 1 aliphatic carbocycles. The van der Waals surface area contributed by atoms with E-state index >= 15 is 0 Å². The highest BCUT2D eigenvalue weighted by atomic mass is 19.1. The van der Waals surface area contributed by atoms with Crippen molar-refractivity contribution in [2.45, 2.75) is 25.7 Å². The number of aliphatic carboxylic acids is 1. The van der Waals surface area contributed by atoms with E-state index in [-0.39, 0.29) is 30.2 Å². The molecule has 1 saturated carbocycles. The number of rotatable bonds is 7.